The van der Waals surface area contributed by atoms with Crippen LogP contribution in [0.15, 0.2) is 53.4 Å². The van der Waals surface area contributed by atoms with Gasteiger partial charge < -0.3 is 9.64 Å². The van der Waals surface area contributed by atoms with Crippen LogP contribution in [0.2, 0.25) is 5.02 Å². The number of carbonyl (C=O) groups is 1. The summed E-state index contributed by atoms with van der Waals surface area (Å²) in [5, 5.41) is 0.427. The lowest BCUT2D eigenvalue weighted by Gasteiger charge is -2.22. The zero-order valence-electron chi connectivity index (χ0n) is 13.9. The summed E-state index contributed by atoms with van der Waals surface area (Å²) in [6, 6.07) is 13.0. The minimum Gasteiger partial charge on any atom is -0.497 e. The number of ether oxygens (including phenoxy) is 1. The molecule has 0 heterocycles. The zero-order chi connectivity index (χ0) is 18.4. The molecule has 0 aromatic heterocycles. The van der Waals surface area contributed by atoms with E-state index in [0.29, 0.717) is 16.5 Å². The number of methoxy groups -OCH3 is 1. The molecular weight excluding hydrogens is 364 g/mol. The van der Waals surface area contributed by atoms with Crippen LogP contribution in [-0.2, 0) is 14.8 Å². The molecule has 134 valence electrons. The summed E-state index contributed by atoms with van der Waals surface area (Å²) >= 11 is 6.11. The van der Waals surface area contributed by atoms with Crippen molar-refractivity contribution in [1.29, 1.82) is 0 Å². The Morgan fingerprint density at radius 1 is 1.16 bits per heavy atom. The number of nitrogens with one attached hydrogen (secondary N) is 1. The Hall–Kier alpha value is -2.09. The molecule has 2 aromatic rings. The molecule has 0 fully saturated rings. The van der Waals surface area contributed by atoms with Crippen LogP contribution >= 0.6 is 11.6 Å². The average molecular weight is 383 g/mol. The van der Waals surface area contributed by atoms with Crippen molar-refractivity contribution in [3.05, 3.63) is 53.6 Å². The van der Waals surface area contributed by atoms with Crippen LogP contribution in [0.3, 0.4) is 0 Å². The van der Waals surface area contributed by atoms with Crippen molar-refractivity contribution in [2.24, 2.45) is 0 Å². The summed E-state index contributed by atoms with van der Waals surface area (Å²) in [7, 11) is -2.17. The highest BCUT2D eigenvalue weighted by Gasteiger charge is 2.17. The van der Waals surface area contributed by atoms with Gasteiger partial charge in [-0.3, -0.25) is 4.79 Å². The molecule has 0 atom stereocenters. The molecule has 0 saturated carbocycles. The molecule has 2 aromatic carbocycles. The molecule has 8 heteroatoms. The van der Waals surface area contributed by atoms with Gasteiger partial charge in [-0.05, 0) is 36.4 Å². The van der Waals surface area contributed by atoms with Gasteiger partial charge in [0.25, 0.3) is 0 Å². The van der Waals surface area contributed by atoms with Crippen LogP contribution in [0.5, 0.6) is 5.75 Å². The minimum atomic E-state index is -3.68. The van der Waals surface area contributed by atoms with Crippen molar-refractivity contribution < 1.29 is 17.9 Å². The number of rotatable bonds is 7. The number of carbonyl (C=O) groups excluding carboxylic acids is 1. The van der Waals surface area contributed by atoms with Gasteiger partial charge >= 0.3 is 0 Å². The van der Waals surface area contributed by atoms with Crippen molar-refractivity contribution in [1.82, 2.24) is 4.72 Å². The van der Waals surface area contributed by atoms with E-state index in [4.69, 9.17) is 16.3 Å². The number of halogens is 1. The second-order valence-corrected chi connectivity index (χ2v) is 7.37. The number of para-hydroxylation sites is 1. The molecule has 0 unspecified atom stereocenters. The molecule has 1 amide bonds. The number of anilines is 1. The van der Waals surface area contributed by atoms with E-state index in [2.05, 4.69) is 4.72 Å². The van der Waals surface area contributed by atoms with Crippen LogP contribution in [0.1, 0.15) is 6.92 Å². The number of benzene rings is 2. The minimum absolute atomic E-state index is 0.0547. The highest BCUT2D eigenvalue weighted by Crippen LogP contribution is 2.25. The highest BCUT2D eigenvalue weighted by molar-refractivity contribution is 7.89. The van der Waals surface area contributed by atoms with Gasteiger partial charge in [0.1, 0.15) is 5.75 Å². The maximum absolute atomic E-state index is 12.3. The van der Waals surface area contributed by atoms with Crippen molar-refractivity contribution in [3.63, 3.8) is 0 Å². The fourth-order valence-electron chi connectivity index (χ4n) is 2.25. The third-order valence-electron chi connectivity index (χ3n) is 3.52. The maximum Gasteiger partial charge on any atom is 0.240 e. The molecule has 1 N–H and O–H groups in total. The van der Waals surface area contributed by atoms with Gasteiger partial charge in [-0.15, -0.1) is 0 Å². The second kappa shape index (κ2) is 8.33. The molecule has 25 heavy (non-hydrogen) atoms. The Labute approximate surface area is 152 Å². The summed E-state index contributed by atoms with van der Waals surface area (Å²) in [5.41, 5.74) is 0.542. The first-order chi connectivity index (χ1) is 11.8. The molecule has 0 aliphatic carbocycles. The number of amides is 1. The molecule has 0 saturated heterocycles. The van der Waals surface area contributed by atoms with Crippen molar-refractivity contribution in [3.8, 4) is 5.75 Å². The topological polar surface area (TPSA) is 75.7 Å². The average Bonchev–Trinajstić information content (AvgIpc) is 2.59. The van der Waals surface area contributed by atoms with E-state index < -0.39 is 10.0 Å². The SMILES string of the molecule is COc1ccc(S(=O)(=O)NCCN(C(C)=O)c2ccccc2Cl)cc1. The van der Waals surface area contributed by atoms with E-state index in [1.807, 2.05) is 0 Å². The summed E-state index contributed by atoms with van der Waals surface area (Å²) < 4.78 is 32.1. The van der Waals surface area contributed by atoms with E-state index in [1.165, 1.54) is 31.1 Å². The lowest BCUT2D eigenvalue weighted by atomic mass is 10.3. The third kappa shape index (κ3) is 4.94. The molecule has 0 aliphatic heterocycles. The molecule has 0 bridgehead atoms. The first-order valence-electron chi connectivity index (χ1n) is 7.51. The molecule has 0 spiro atoms. The van der Waals surface area contributed by atoms with E-state index in [9.17, 15) is 13.2 Å². The Bertz CT molecular complexity index is 838. The van der Waals surface area contributed by atoms with Gasteiger partial charge in [0, 0.05) is 20.0 Å². The number of sulfonamides is 1. The first kappa shape index (κ1) is 19.2. The molecular formula is C17H19ClN2O4S. The van der Waals surface area contributed by atoms with Crippen molar-refractivity contribution in [2.75, 3.05) is 25.1 Å². The van der Waals surface area contributed by atoms with Crippen molar-refractivity contribution in [2.45, 2.75) is 11.8 Å². The molecule has 0 radical (unpaired) electrons. The van der Waals surface area contributed by atoms with Gasteiger partial charge in [0.05, 0.1) is 22.7 Å². The van der Waals surface area contributed by atoms with Gasteiger partial charge in [-0.1, -0.05) is 23.7 Å². The van der Waals surface area contributed by atoms with Crippen LogP contribution in [0.4, 0.5) is 5.69 Å². The third-order valence-corrected chi connectivity index (χ3v) is 5.32. The highest BCUT2D eigenvalue weighted by atomic mass is 35.5. The van der Waals surface area contributed by atoms with Crippen LogP contribution in [-0.4, -0.2) is 34.5 Å². The van der Waals surface area contributed by atoms with Gasteiger partial charge in [-0.25, -0.2) is 13.1 Å². The largest absolute Gasteiger partial charge is 0.497 e. The normalized spacial score (nSPS) is 11.2. The predicted molar refractivity (Wildman–Crippen MR) is 97.7 cm³/mol. The van der Waals surface area contributed by atoms with E-state index >= 15 is 0 Å². The smallest absolute Gasteiger partial charge is 0.240 e. The second-order valence-electron chi connectivity index (χ2n) is 5.20. The van der Waals surface area contributed by atoms with E-state index in [0.717, 1.165) is 0 Å². The quantitative estimate of drug-likeness (QED) is 0.798. The monoisotopic (exact) mass is 382 g/mol. The van der Waals surface area contributed by atoms with Crippen LogP contribution in [0.25, 0.3) is 0 Å². The number of hydrogen-bond donors (Lipinski definition) is 1. The molecule has 0 aliphatic rings. The van der Waals surface area contributed by atoms with Gasteiger partial charge in [-0.2, -0.15) is 0 Å². The van der Waals surface area contributed by atoms with E-state index in [-0.39, 0.29) is 23.9 Å². The van der Waals surface area contributed by atoms with Gasteiger partial charge in [0.2, 0.25) is 15.9 Å². The number of nitrogens with zero attached hydrogens (tertiary/aromatic N) is 1. The fourth-order valence-corrected chi connectivity index (χ4v) is 3.51. The molecule has 6 nitrogen and oxygen atoms in total. The summed E-state index contributed by atoms with van der Waals surface area (Å²) in [6.07, 6.45) is 0. The summed E-state index contributed by atoms with van der Waals surface area (Å²) in [4.78, 5) is 13.4. The zero-order valence-corrected chi connectivity index (χ0v) is 15.5. The van der Waals surface area contributed by atoms with Crippen LogP contribution in [0, 0.1) is 0 Å². The predicted octanol–water partition coefficient (Wildman–Crippen LogP) is 2.68. The standard InChI is InChI=1S/C17H19ClN2O4S/c1-13(21)20(17-6-4-3-5-16(17)18)12-11-19-25(22,23)15-9-7-14(24-2)8-10-15/h3-10,19H,11-12H2,1-2H3. The van der Waals surface area contributed by atoms with E-state index in [1.54, 1.807) is 36.4 Å². The Morgan fingerprint density at radius 3 is 2.36 bits per heavy atom. The fraction of sp³-hybridized carbons (Fsp3) is 0.235. The maximum atomic E-state index is 12.3. The molecule has 2 rings (SSSR count). The Balaban J connectivity index is 2.06. The summed E-state index contributed by atoms with van der Waals surface area (Å²) in [5.74, 6) is 0.345. The first-order valence-corrected chi connectivity index (χ1v) is 9.37. The number of hydrogen-bond acceptors (Lipinski definition) is 4. The lowest BCUT2D eigenvalue weighted by Crippen LogP contribution is -2.37. The lowest BCUT2D eigenvalue weighted by molar-refractivity contribution is -0.116. The Kier molecular flexibility index (Phi) is 6.41. The Morgan fingerprint density at radius 2 is 1.80 bits per heavy atom. The summed E-state index contributed by atoms with van der Waals surface area (Å²) in [6.45, 7) is 1.62. The van der Waals surface area contributed by atoms with Crippen molar-refractivity contribution >= 4 is 33.2 Å². The van der Waals surface area contributed by atoms with Crippen LogP contribution < -0.4 is 14.4 Å². The van der Waals surface area contributed by atoms with Gasteiger partial charge in [0.15, 0.2) is 0 Å².